The molecule has 0 fully saturated rings. The molecule has 27 heavy (non-hydrogen) atoms. The van der Waals surface area contributed by atoms with Gasteiger partial charge in [-0.05, 0) is 71.0 Å². The summed E-state index contributed by atoms with van der Waals surface area (Å²) in [6.07, 6.45) is -0.632. The van der Waals surface area contributed by atoms with E-state index < -0.39 is 17.7 Å². The van der Waals surface area contributed by atoms with E-state index in [1.54, 1.807) is 52.0 Å². The Morgan fingerprint density at radius 2 is 1.44 bits per heavy atom. The maximum Gasteiger partial charge on any atom is 0.408 e. The van der Waals surface area contributed by atoms with Crippen molar-refractivity contribution in [3.63, 3.8) is 0 Å². The summed E-state index contributed by atoms with van der Waals surface area (Å²) in [5, 5.41) is 5.25. The van der Waals surface area contributed by atoms with Crippen LogP contribution in [0.2, 0.25) is 0 Å². The number of hydrogen-bond donors (Lipinski definition) is 2. The molecule has 2 aromatic carbocycles. The number of alkyl carbamates (subject to hydrolysis) is 1. The monoisotopic (exact) mass is 370 g/mol. The van der Waals surface area contributed by atoms with Crippen molar-refractivity contribution in [1.82, 2.24) is 5.32 Å². The third-order valence-corrected chi connectivity index (χ3v) is 3.51. The second kappa shape index (κ2) is 8.58. The number of amides is 2. The van der Waals surface area contributed by atoms with Crippen LogP contribution in [0.15, 0.2) is 48.5 Å². The zero-order valence-corrected chi connectivity index (χ0v) is 16.3. The average Bonchev–Trinajstić information content (AvgIpc) is 2.57. The van der Waals surface area contributed by atoms with Gasteiger partial charge in [0, 0.05) is 5.69 Å². The maximum absolute atomic E-state index is 12.2. The van der Waals surface area contributed by atoms with Gasteiger partial charge in [-0.25, -0.2) is 4.79 Å². The van der Waals surface area contributed by atoms with Crippen LogP contribution in [0.1, 0.15) is 33.3 Å². The molecule has 2 N–H and O–H groups in total. The average molecular weight is 370 g/mol. The molecule has 1 atom stereocenters. The van der Waals surface area contributed by atoms with E-state index in [9.17, 15) is 9.59 Å². The molecular weight excluding hydrogens is 344 g/mol. The van der Waals surface area contributed by atoms with Gasteiger partial charge in [0.25, 0.3) is 0 Å². The molecule has 0 aromatic heterocycles. The minimum Gasteiger partial charge on any atom is -0.457 e. The predicted octanol–water partition coefficient (Wildman–Crippen LogP) is 4.64. The Morgan fingerprint density at radius 1 is 0.926 bits per heavy atom. The number of carbonyl (C=O) groups is 2. The molecule has 0 bridgehead atoms. The van der Waals surface area contributed by atoms with Crippen molar-refractivity contribution in [2.45, 2.75) is 46.3 Å². The summed E-state index contributed by atoms with van der Waals surface area (Å²) in [6.45, 7) is 8.89. The van der Waals surface area contributed by atoms with Crippen molar-refractivity contribution in [1.29, 1.82) is 0 Å². The van der Waals surface area contributed by atoms with Gasteiger partial charge in [0.15, 0.2) is 0 Å². The zero-order valence-electron chi connectivity index (χ0n) is 16.3. The quantitative estimate of drug-likeness (QED) is 0.804. The topological polar surface area (TPSA) is 76.7 Å². The van der Waals surface area contributed by atoms with Crippen LogP contribution in [0.5, 0.6) is 11.5 Å². The Kier molecular flexibility index (Phi) is 6.45. The smallest absolute Gasteiger partial charge is 0.408 e. The van der Waals surface area contributed by atoms with E-state index in [0.29, 0.717) is 11.4 Å². The number of benzene rings is 2. The number of aryl methyl sites for hydroxylation is 1. The number of rotatable bonds is 5. The molecule has 0 aliphatic heterocycles. The molecule has 0 saturated heterocycles. The number of hydrogen-bond acceptors (Lipinski definition) is 4. The van der Waals surface area contributed by atoms with E-state index in [1.807, 2.05) is 31.2 Å². The highest BCUT2D eigenvalue weighted by atomic mass is 16.6. The first kappa shape index (κ1) is 20.3. The summed E-state index contributed by atoms with van der Waals surface area (Å²) in [4.78, 5) is 23.9. The predicted molar refractivity (Wildman–Crippen MR) is 105 cm³/mol. The van der Waals surface area contributed by atoms with Crippen LogP contribution < -0.4 is 15.4 Å². The lowest BCUT2D eigenvalue weighted by Gasteiger charge is -2.21. The first-order valence-corrected chi connectivity index (χ1v) is 8.77. The summed E-state index contributed by atoms with van der Waals surface area (Å²) in [5.41, 5.74) is 1.15. The van der Waals surface area contributed by atoms with Gasteiger partial charge < -0.3 is 20.1 Å². The highest BCUT2D eigenvalue weighted by Gasteiger charge is 2.21. The molecule has 0 aliphatic carbocycles. The minimum atomic E-state index is -0.733. The van der Waals surface area contributed by atoms with Crippen molar-refractivity contribution >= 4 is 17.7 Å². The zero-order chi connectivity index (χ0) is 20.0. The minimum absolute atomic E-state index is 0.340. The summed E-state index contributed by atoms with van der Waals surface area (Å²) >= 11 is 0. The van der Waals surface area contributed by atoms with Crippen molar-refractivity contribution < 1.29 is 19.1 Å². The molecule has 6 heteroatoms. The molecule has 2 rings (SSSR count). The van der Waals surface area contributed by atoms with Crippen LogP contribution in [0.25, 0.3) is 0 Å². The van der Waals surface area contributed by atoms with Gasteiger partial charge in [-0.2, -0.15) is 0 Å². The van der Waals surface area contributed by atoms with Crippen LogP contribution in [0, 0.1) is 6.92 Å². The van der Waals surface area contributed by atoms with Crippen LogP contribution in [-0.4, -0.2) is 23.6 Å². The third-order valence-electron chi connectivity index (χ3n) is 3.51. The fourth-order valence-electron chi connectivity index (χ4n) is 2.15. The Bertz CT molecular complexity index is 777. The van der Waals surface area contributed by atoms with E-state index in [2.05, 4.69) is 10.6 Å². The maximum atomic E-state index is 12.2. The molecule has 2 amide bonds. The van der Waals surface area contributed by atoms with E-state index >= 15 is 0 Å². The van der Waals surface area contributed by atoms with Crippen molar-refractivity contribution in [2.24, 2.45) is 0 Å². The summed E-state index contributed by atoms with van der Waals surface area (Å²) in [7, 11) is 0. The van der Waals surface area contributed by atoms with E-state index in [0.717, 1.165) is 11.3 Å². The molecule has 0 aliphatic rings. The lowest BCUT2D eigenvalue weighted by Crippen LogP contribution is -2.43. The van der Waals surface area contributed by atoms with Crippen LogP contribution in [-0.2, 0) is 9.53 Å². The number of ether oxygens (including phenoxy) is 2. The fraction of sp³-hybridized carbons (Fsp3) is 0.333. The van der Waals surface area contributed by atoms with Gasteiger partial charge in [-0.3, -0.25) is 4.79 Å². The van der Waals surface area contributed by atoms with Gasteiger partial charge in [0.05, 0.1) is 0 Å². The van der Waals surface area contributed by atoms with E-state index in [-0.39, 0.29) is 5.91 Å². The van der Waals surface area contributed by atoms with Gasteiger partial charge in [-0.15, -0.1) is 0 Å². The fourth-order valence-corrected chi connectivity index (χ4v) is 2.15. The second-order valence-corrected chi connectivity index (χ2v) is 7.30. The van der Waals surface area contributed by atoms with Crippen molar-refractivity contribution in [3.05, 3.63) is 54.1 Å². The van der Waals surface area contributed by atoms with Gasteiger partial charge in [-0.1, -0.05) is 17.7 Å². The lowest BCUT2D eigenvalue weighted by molar-refractivity contribution is -0.117. The Hall–Kier alpha value is -3.02. The Balaban J connectivity index is 1.88. The van der Waals surface area contributed by atoms with Gasteiger partial charge >= 0.3 is 6.09 Å². The van der Waals surface area contributed by atoms with Crippen molar-refractivity contribution in [3.8, 4) is 11.5 Å². The molecular formula is C21H26N2O4. The van der Waals surface area contributed by atoms with E-state index in [4.69, 9.17) is 9.47 Å². The molecule has 1 unspecified atom stereocenters. The van der Waals surface area contributed by atoms with E-state index in [1.165, 1.54) is 0 Å². The number of carbonyl (C=O) groups excluding carboxylic acids is 2. The molecule has 6 nitrogen and oxygen atoms in total. The van der Waals surface area contributed by atoms with Crippen LogP contribution in [0.4, 0.5) is 10.5 Å². The van der Waals surface area contributed by atoms with Crippen LogP contribution in [0.3, 0.4) is 0 Å². The molecule has 144 valence electrons. The third kappa shape index (κ3) is 7.01. The van der Waals surface area contributed by atoms with Gasteiger partial charge in [0.1, 0.15) is 23.1 Å². The standard InChI is InChI=1S/C21H26N2O4/c1-14-6-10-17(11-7-14)26-18-12-8-16(9-13-18)23-19(24)15(2)22-20(25)27-21(3,4)5/h6-13,15H,1-5H3,(H,22,25)(H,23,24). The Morgan fingerprint density at radius 3 is 1.96 bits per heavy atom. The first-order valence-electron chi connectivity index (χ1n) is 8.77. The molecule has 0 heterocycles. The lowest BCUT2D eigenvalue weighted by atomic mass is 10.2. The highest BCUT2D eigenvalue weighted by Crippen LogP contribution is 2.23. The highest BCUT2D eigenvalue weighted by molar-refractivity contribution is 5.96. The molecule has 0 spiro atoms. The normalized spacial score (nSPS) is 12.0. The summed E-state index contributed by atoms with van der Waals surface area (Å²) in [6, 6.07) is 14.0. The number of anilines is 1. The SMILES string of the molecule is Cc1ccc(Oc2ccc(NC(=O)C(C)NC(=O)OC(C)(C)C)cc2)cc1. The molecule has 0 radical (unpaired) electrons. The largest absolute Gasteiger partial charge is 0.457 e. The summed E-state index contributed by atoms with van der Waals surface area (Å²) < 4.78 is 10.9. The Labute approximate surface area is 159 Å². The molecule has 0 saturated carbocycles. The van der Waals surface area contributed by atoms with Gasteiger partial charge in [0.2, 0.25) is 5.91 Å². The second-order valence-electron chi connectivity index (χ2n) is 7.30. The van der Waals surface area contributed by atoms with Crippen molar-refractivity contribution in [2.75, 3.05) is 5.32 Å². The summed E-state index contributed by atoms with van der Waals surface area (Å²) in [5.74, 6) is 1.07. The first-order chi connectivity index (χ1) is 12.6. The number of nitrogens with one attached hydrogen (secondary N) is 2. The molecule has 2 aromatic rings. The van der Waals surface area contributed by atoms with Crippen LogP contribution >= 0.6 is 0 Å².